The van der Waals surface area contributed by atoms with Crippen LogP contribution in [-0.4, -0.2) is 30.0 Å². The molecule has 1 heterocycles. The zero-order chi connectivity index (χ0) is 9.97. The molecule has 3 heteroatoms. The Morgan fingerprint density at radius 3 is 2.71 bits per heavy atom. The van der Waals surface area contributed by atoms with Gasteiger partial charge in [-0.1, -0.05) is 19.3 Å². The Morgan fingerprint density at radius 1 is 1.36 bits per heavy atom. The van der Waals surface area contributed by atoms with Crippen LogP contribution in [-0.2, 0) is 0 Å². The van der Waals surface area contributed by atoms with Gasteiger partial charge < -0.3 is 10.6 Å². The van der Waals surface area contributed by atoms with E-state index in [0.29, 0.717) is 6.04 Å². The largest absolute Gasteiger partial charge is 0.370 e. The van der Waals surface area contributed by atoms with Crippen molar-refractivity contribution in [3.8, 4) is 0 Å². The van der Waals surface area contributed by atoms with Crippen molar-refractivity contribution in [3.05, 3.63) is 0 Å². The number of nitrogens with zero attached hydrogens (tertiary/aromatic N) is 2. The summed E-state index contributed by atoms with van der Waals surface area (Å²) in [6.07, 6.45) is 6.98. The number of likely N-dealkylation sites (N-methyl/N-ethyl adjacent to an activating group) is 1. The highest BCUT2D eigenvalue weighted by molar-refractivity contribution is 5.80. The SMILES string of the molecule is CCN1C(N)=NCC1C1CCCCC1. The lowest BCUT2D eigenvalue weighted by Gasteiger charge is -2.34. The molecule has 0 bridgehead atoms. The number of nitrogens with two attached hydrogens (primary N) is 1. The van der Waals surface area contributed by atoms with E-state index >= 15 is 0 Å². The summed E-state index contributed by atoms with van der Waals surface area (Å²) >= 11 is 0. The van der Waals surface area contributed by atoms with Crippen molar-refractivity contribution in [3.63, 3.8) is 0 Å². The highest BCUT2D eigenvalue weighted by Gasteiger charge is 2.32. The summed E-state index contributed by atoms with van der Waals surface area (Å²) < 4.78 is 0. The van der Waals surface area contributed by atoms with Crippen molar-refractivity contribution in [2.45, 2.75) is 45.1 Å². The molecule has 2 rings (SSSR count). The van der Waals surface area contributed by atoms with Crippen LogP contribution in [0.5, 0.6) is 0 Å². The van der Waals surface area contributed by atoms with E-state index in [1.165, 1.54) is 32.1 Å². The summed E-state index contributed by atoms with van der Waals surface area (Å²) in [7, 11) is 0. The van der Waals surface area contributed by atoms with E-state index in [2.05, 4.69) is 16.8 Å². The number of hydrogen-bond donors (Lipinski definition) is 1. The molecular weight excluding hydrogens is 174 g/mol. The standard InChI is InChI=1S/C11H21N3/c1-2-14-10(8-13-11(14)12)9-6-4-3-5-7-9/h9-10H,2-8H2,1H3,(H2,12,13). The van der Waals surface area contributed by atoms with E-state index in [4.69, 9.17) is 5.73 Å². The first kappa shape index (κ1) is 9.81. The predicted octanol–water partition coefficient (Wildman–Crippen LogP) is 1.59. The fourth-order valence-corrected chi connectivity index (χ4v) is 2.87. The average molecular weight is 195 g/mol. The third-order valence-corrected chi connectivity index (χ3v) is 3.67. The maximum atomic E-state index is 5.86. The van der Waals surface area contributed by atoms with Crippen LogP contribution >= 0.6 is 0 Å². The normalized spacial score (nSPS) is 29.4. The lowest BCUT2D eigenvalue weighted by atomic mass is 9.83. The van der Waals surface area contributed by atoms with E-state index in [1.54, 1.807) is 0 Å². The average Bonchev–Trinajstić information content (AvgIpc) is 2.61. The van der Waals surface area contributed by atoms with Crippen molar-refractivity contribution in [1.29, 1.82) is 0 Å². The maximum Gasteiger partial charge on any atom is 0.191 e. The molecule has 1 unspecified atom stereocenters. The van der Waals surface area contributed by atoms with Crippen LogP contribution in [0.2, 0.25) is 0 Å². The molecule has 1 saturated carbocycles. The summed E-state index contributed by atoms with van der Waals surface area (Å²) in [4.78, 5) is 6.65. The van der Waals surface area contributed by atoms with Crippen LogP contribution in [0.4, 0.5) is 0 Å². The first-order valence-corrected chi connectivity index (χ1v) is 5.89. The van der Waals surface area contributed by atoms with Gasteiger partial charge in [0.05, 0.1) is 12.6 Å². The molecule has 0 aromatic heterocycles. The zero-order valence-corrected chi connectivity index (χ0v) is 9.08. The van der Waals surface area contributed by atoms with Crippen LogP contribution in [0, 0.1) is 5.92 Å². The summed E-state index contributed by atoms with van der Waals surface area (Å²) in [5.74, 6) is 1.61. The number of hydrogen-bond acceptors (Lipinski definition) is 3. The summed E-state index contributed by atoms with van der Waals surface area (Å²) in [6.45, 7) is 4.12. The van der Waals surface area contributed by atoms with Crippen molar-refractivity contribution in [2.24, 2.45) is 16.6 Å². The third-order valence-electron chi connectivity index (χ3n) is 3.67. The van der Waals surface area contributed by atoms with Gasteiger partial charge in [-0.2, -0.15) is 0 Å². The highest BCUT2D eigenvalue weighted by Crippen LogP contribution is 2.30. The molecule has 0 radical (unpaired) electrons. The van der Waals surface area contributed by atoms with Crippen molar-refractivity contribution in [1.82, 2.24) is 4.90 Å². The van der Waals surface area contributed by atoms with Crippen LogP contribution in [0.15, 0.2) is 4.99 Å². The van der Waals surface area contributed by atoms with Crippen LogP contribution in [0.25, 0.3) is 0 Å². The Labute approximate surface area is 86.4 Å². The summed E-state index contributed by atoms with van der Waals surface area (Å²) in [5, 5.41) is 0. The second kappa shape index (κ2) is 4.20. The minimum Gasteiger partial charge on any atom is -0.370 e. The van der Waals surface area contributed by atoms with Gasteiger partial charge in [0.25, 0.3) is 0 Å². The van der Waals surface area contributed by atoms with Crippen LogP contribution < -0.4 is 5.73 Å². The van der Waals surface area contributed by atoms with Gasteiger partial charge in [-0.25, -0.2) is 0 Å². The molecule has 0 saturated heterocycles. The van der Waals surface area contributed by atoms with Crippen LogP contribution in [0.3, 0.4) is 0 Å². The zero-order valence-electron chi connectivity index (χ0n) is 9.08. The Bertz CT molecular complexity index is 219. The van der Waals surface area contributed by atoms with Gasteiger partial charge in [-0.3, -0.25) is 4.99 Å². The van der Waals surface area contributed by atoms with Crippen LogP contribution in [0.1, 0.15) is 39.0 Å². The molecule has 1 aliphatic carbocycles. The molecule has 80 valence electrons. The van der Waals surface area contributed by atoms with Crippen molar-refractivity contribution in [2.75, 3.05) is 13.1 Å². The summed E-state index contributed by atoms with van der Waals surface area (Å²) in [6, 6.07) is 0.611. The highest BCUT2D eigenvalue weighted by atomic mass is 15.3. The molecule has 2 N–H and O–H groups in total. The molecular formula is C11H21N3. The first-order chi connectivity index (χ1) is 6.83. The Kier molecular flexibility index (Phi) is 2.94. The van der Waals surface area contributed by atoms with Gasteiger partial charge in [-0.15, -0.1) is 0 Å². The molecule has 1 aliphatic heterocycles. The topological polar surface area (TPSA) is 41.6 Å². The molecule has 0 aromatic carbocycles. The summed E-state index contributed by atoms with van der Waals surface area (Å²) in [5.41, 5.74) is 5.86. The molecule has 0 amide bonds. The van der Waals surface area contributed by atoms with Gasteiger partial charge >= 0.3 is 0 Å². The molecule has 0 spiro atoms. The van der Waals surface area contributed by atoms with E-state index in [9.17, 15) is 0 Å². The van der Waals surface area contributed by atoms with E-state index in [1.807, 2.05) is 0 Å². The second-order valence-electron chi connectivity index (χ2n) is 4.45. The number of aliphatic imine (C=N–C) groups is 1. The molecule has 1 fully saturated rings. The molecule has 14 heavy (non-hydrogen) atoms. The minimum atomic E-state index is 0.611. The van der Waals surface area contributed by atoms with E-state index in [0.717, 1.165) is 25.0 Å². The third kappa shape index (κ3) is 1.72. The van der Waals surface area contributed by atoms with Crippen molar-refractivity contribution >= 4 is 5.96 Å². The van der Waals surface area contributed by atoms with Gasteiger partial charge in [0.1, 0.15) is 0 Å². The number of rotatable bonds is 2. The van der Waals surface area contributed by atoms with Gasteiger partial charge in [-0.05, 0) is 25.7 Å². The quantitative estimate of drug-likeness (QED) is 0.727. The van der Waals surface area contributed by atoms with Gasteiger partial charge in [0.15, 0.2) is 5.96 Å². The Balaban J connectivity index is 1.97. The fraction of sp³-hybridized carbons (Fsp3) is 0.909. The smallest absolute Gasteiger partial charge is 0.191 e. The second-order valence-corrected chi connectivity index (χ2v) is 4.45. The molecule has 2 aliphatic rings. The van der Waals surface area contributed by atoms with E-state index < -0.39 is 0 Å². The molecule has 1 atom stereocenters. The van der Waals surface area contributed by atoms with E-state index in [-0.39, 0.29) is 0 Å². The molecule has 0 aromatic rings. The lowest BCUT2D eigenvalue weighted by Crippen LogP contribution is -2.44. The Hall–Kier alpha value is -0.730. The Morgan fingerprint density at radius 2 is 2.07 bits per heavy atom. The van der Waals surface area contributed by atoms with Gasteiger partial charge in [0, 0.05) is 6.54 Å². The first-order valence-electron chi connectivity index (χ1n) is 5.89. The fourth-order valence-electron chi connectivity index (χ4n) is 2.87. The maximum absolute atomic E-state index is 5.86. The lowest BCUT2D eigenvalue weighted by molar-refractivity contribution is 0.207. The molecule has 3 nitrogen and oxygen atoms in total. The van der Waals surface area contributed by atoms with Crippen molar-refractivity contribution < 1.29 is 0 Å². The van der Waals surface area contributed by atoms with Gasteiger partial charge in [0.2, 0.25) is 0 Å². The predicted molar refractivity (Wildman–Crippen MR) is 59.2 cm³/mol. The number of guanidine groups is 1. The monoisotopic (exact) mass is 195 g/mol. The minimum absolute atomic E-state index is 0.611.